The summed E-state index contributed by atoms with van der Waals surface area (Å²) >= 11 is 4.84. The normalized spacial score (nSPS) is 31.9. The summed E-state index contributed by atoms with van der Waals surface area (Å²) in [5, 5.41) is 12.0. The van der Waals surface area contributed by atoms with Crippen LogP contribution in [0.25, 0.3) is 0 Å². The quantitative estimate of drug-likeness (QED) is 0.722. The second-order valence-corrected chi connectivity index (χ2v) is 7.66. The lowest BCUT2D eigenvalue weighted by Gasteiger charge is -2.39. The van der Waals surface area contributed by atoms with Crippen LogP contribution in [0.5, 0.6) is 0 Å². The van der Waals surface area contributed by atoms with Crippen molar-refractivity contribution in [1.29, 1.82) is 5.26 Å². The molecule has 1 aromatic carbocycles. The SMILES string of the molecule is N#Cc1ccc(NCC2C3CC[C@@H](C3)C2(S)CN)cc1C(F)(F)F. The van der Waals surface area contributed by atoms with Crippen LogP contribution in [0.2, 0.25) is 0 Å². The molecule has 1 aromatic rings. The molecule has 4 atom stereocenters. The highest BCUT2D eigenvalue weighted by atomic mass is 32.1. The molecule has 2 saturated carbocycles. The molecule has 3 nitrogen and oxygen atoms in total. The first kappa shape index (κ1) is 17.4. The Kier molecular flexibility index (Phi) is 4.47. The van der Waals surface area contributed by atoms with Crippen molar-refractivity contribution < 1.29 is 13.2 Å². The van der Waals surface area contributed by atoms with E-state index in [0.717, 1.165) is 25.3 Å². The lowest BCUT2D eigenvalue weighted by molar-refractivity contribution is -0.137. The molecule has 0 spiro atoms. The summed E-state index contributed by atoms with van der Waals surface area (Å²) < 4.78 is 38.9. The molecular formula is C17H20F3N3S. The summed E-state index contributed by atoms with van der Waals surface area (Å²) in [6.45, 7) is 1.02. The molecule has 2 aliphatic rings. The number of nitrogens with zero attached hydrogens (tertiary/aromatic N) is 1. The van der Waals surface area contributed by atoms with Gasteiger partial charge in [-0.05, 0) is 55.2 Å². The zero-order chi connectivity index (χ0) is 17.5. The van der Waals surface area contributed by atoms with Gasteiger partial charge in [0.25, 0.3) is 0 Å². The Labute approximate surface area is 144 Å². The molecular weight excluding hydrogens is 335 g/mol. The average Bonchev–Trinajstić information content (AvgIpc) is 3.12. The number of rotatable bonds is 4. The first-order valence-electron chi connectivity index (χ1n) is 8.07. The Morgan fingerprint density at radius 3 is 2.75 bits per heavy atom. The number of hydrogen-bond acceptors (Lipinski definition) is 4. The van der Waals surface area contributed by atoms with Crippen LogP contribution in [0, 0.1) is 29.1 Å². The van der Waals surface area contributed by atoms with Crippen LogP contribution in [0.3, 0.4) is 0 Å². The van der Waals surface area contributed by atoms with Gasteiger partial charge in [0, 0.05) is 23.5 Å². The predicted molar refractivity (Wildman–Crippen MR) is 89.7 cm³/mol. The number of hydrogen-bond donors (Lipinski definition) is 3. The molecule has 3 N–H and O–H groups in total. The standard InChI is InChI=1S/C17H20F3N3S/c18-17(19,20)14-6-13(4-2-11(14)7-21)23-8-15-10-1-3-12(5-10)16(15,24)9-22/h2,4,6,10,12,15,23-24H,1,3,5,8-9,22H2/t10?,12-,15?,16?/m0/s1. The highest BCUT2D eigenvalue weighted by Gasteiger charge is 2.55. The minimum atomic E-state index is -4.54. The van der Waals surface area contributed by atoms with Crippen LogP contribution in [0.1, 0.15) is 30.4 Å². The molecule has 3 unspecified atom stereocenters. The Bertz CT molecular complexity index is 670. The van der Waals surface area contributed by atoms with Crippen molar-refractivity contribution in [3.63, 3.8) is 0 Å². The van der Waals surface area contributed by atoms with Crippen molar-refractivity contribution in [1.82, 2.24) is 0 Å². The third-order valence-corrected chi connectivity index (χ3v) is 6.57. The van der Waals surface area contributed by atoms with Crippen molar-refractivity contribution in [2.75, 3.05) is 18.4 Å². The first-order valence-corrected chi connectivity index (χ1v) is 8.52. The Morgan fingerprint density at radius 2 is 2.12 bits per heavy atom. The summed E-state index contributed by atoms with van der Waals surface area (Å²) in [5.74, 6) is 1.27. The fourth-order valence-corrected chi connectivity index (χ4v) is 4.96. The van der Waals surface area contributed by atoms with E-state index in [-0.39, 0.29) is 16.2 Å². The highest BCUT2D eigenvalue weighted by molar-refractivity contribution is 7.81. The van der Waals surface area contributed by atoms with Crippen LogP contribution in [-0.2, 0) is 6.18 Å². The zero-order valence-electron chi connectivity index (χ0n) is 13.1. The molecule has 0 amide bonds. The molecule has 0 aliphatic heterocycles. The Hall–Kier alpha value is -1.39. The molecule has 130 valence electrons. The van der Waals surface area contributed by atoms with Gasteiger partial charge in [0.15, 0.2) is 0 Å². The second kappa shape index (κ2) is 6.16. The van der Waals surface area contributed by atoms with Crippen LogP contribution < -0.4 is 11.1 Å². The molecule has 0 aromatic heterocycles. The molecule has 0 radical (unpaired) electrons. The second-order valence-electron chi connectivity index (χ2n) is 6.82. The first-order chi connectivity index (χ1) is 11.3. The van der Waals surface area contributed by atoms with Gasteiger partial charge in [0.05, 0.1) is 17.2 Å². The summed E-state index contributed by atoms with van der Waals surface area (Å²) in [4.78, 5) is 0. The van der Waals surface area contributed by atoms with Crippen molar-refractivity contribution in [3.8, 4) is 6.07 Å². The average molecular weight is 355 g/mol. The predicted octanol–water partition coefficient (Wildman–Crippen LogP) is 3.66. The van der Waals surface area contributed by atoms with Crippen molar-refractivity contribution >= 4 is 18.3 Å². The largest absolute Gasteiger partial charge is 0.417 e. The third kappa shape index (κ3) is 2.86. The van der Waals surface area contributed by atoms with Crippen molar-refractivity contribution in [2.45, 2.75) is 30.2 Å². The smallest absolute Gasteiger partial charge is 0.385 e. The number of nitrogens with two attached hydrogens (primary N) is 1. The lowest BCUT2D eigenvalue weighted by Crippen LogP contribution is -2.47. The maximum absolute atomic E-state index is 13.0. The molecule has 2 bridgehead atoms. The number of anilines is 1. The van der Waals surface area contributed by atoms with Gasteiger partial charge in [-0.1, -0.05) is 0 Å². The van der Waals surface area contributed by atoms with Crippen molar-refractivity contribution in [3.05, 3.63) is 29.3 Å². The molecule has 2 aliphatic carbocycles. The molecule has 0 heterocycles. The number of halogens is 3. The van der Waals surface area contributed by atoms with E-state index in [9.17, 15) is 13.2 Å². The number of fused-ring (bicyclic) bond motifs is 2. The lowest BCUT2D eigenvalue weighted by atomic mass is 9.78. The van der Waals surface area contributed by atoms with Gasteiger partial charge in [-0.25, -0.2) is 0 Å². The van der Waals surface area contributed by atoms with Gasteiger partial charge in [-0.15, -0.1) is 0 Å². The Morgan fingerprint density at radius 1 is 1.38 bits per heavy atom. The minimum Gasteiger partial charge on any atom is -0.385 e. The highest BCUT2D eigenvalue weighted by Crippen LogP contribution is 2.57. The number of nitrogens with one attached hydrogen (secondary N) is 1. The van der Waals surface area contributed by atoms with E-state index in [4.69, 9.17) is 23.6 Å². The van der Waals surface area contributed by atoms with E-state index >= 15 is 0 Å². The summed E-state index contributed by atoms with van der Waals surface area (Å²) in [7, 11) is 0. The minimum absolute atomic E-state index is 0.241. The number of nitriles is 1. The maximum Gasteiger partial charge on any atom is 0.417 e. The van der Waals surface area contributed by atoms with Gasteiger partial charge in [0.1, 0.15) is 0 Å². The van der Waals surface area contributed by atoms with Gasteiger partial charge in [-0.2, -0.15) is 31.1 Å². The van der Waals surface area contributed by atoms with Crippen LogP contribution in [-0.4, -0.2) is 17.8 Å². The van der Waals surface area contributed by atoms with Crippen LogP contribution >= 0.6 is 12.6 Å². The topological polar surface area (TPSA) is 61.8 Å². The fraction of sp³-hybridized carbons (Fsp3) is 0.588. The van der Waals surface area contributed by atoms with E-state index < -0.39 is 11.7 Å². The van der Waals surface area contributed by atoms with E-state index in [1.165, 1.54) is 12.1 Å². The van der Waals surface area contributed by atoms with Gasteiger partial charge < -0.3 is 11.1 Å². The molecule has 7 heteroatoms. The number of benzene rings is 1. The number of alkyl halides is 3. The zero-order valence-corrected chi connectivity index (χ0v) is 14.0. The molecule has 0 saturated heterocycles. The van der Waals surface area contributed by atoms with Crippen molar-refractivity contribution in [2.24, 2.45) is 23.5 Å². The molecule has 24 heavy (non-hydrogen) atoms. The summed E-state index contributed by atoms with van der Waals surface area (Å²) in [6.07, 6.45) is -1.16. The molecule has 3 rings (SSSR count). The number of thiol groups is 1. The van der Waals surface area contributed by atoms with Crippen LogP contribution in [0.15, 0.2) is 18.2 Å². The third-order valence-electron chi connectivity index (χ3n) is 5.69. The van der Waals surface area contributed by atoms with Gasteiger partial charge in [-0.3, -0.25) is 0 Å². The fourth-order valence-electron chi connectivity index (χ4n) is 4.42. The van der Waals surface area contributed by atoms with E-state index in [2.05, 4.69) is 5.32 Å². The summed E-state index contributed by atoms with van der Waals surface area (Å²) in [6, 6.07) is 5.33. The van der Waals surface area contributed by atoms with E-state index in [1.54, 1.807) is 6.07 Å². The monoisotopic (exact) mass is 355 g/mol. The van der Waals surface area contributed by atoms with Gasteiger partial charge in [0.2, 0.25) is 0 Å². The Balaban J connectivity index is 1.77. The summed E-state index contributed by atoms with van der Waals surface area (Å²) in [5.41, 5.74) is 5.05. The molecule has 2 fully saturated rings. The van der Waals surface area contributed by atoms with E-state index in [0.29, 0.717) is 30.6 Å². The van der Waals surface area contributed by atoms with Gasteiger partial charge >= 0.3 is 6.18 Å². The van der Waals surface area contributed by atoms with Crippen LogP contribution in [0.4, 0.5) is 18.9 Å². The van der Waals surface area contributed by atoms with E-state index in [1.807, 2.05) is 0 Å². The maximum atomic E-state index is 13.0.